The van der Waals surface area contributed by atoms with Gasteiger partial charge in [0.15, 0.2) is 0 Å². The van der Waals surface area contributed by atoms with E-state index in [4.69, 9.17) is 24.4 Å². The Balaban J connectivity index is 1.14. The lowest BCUT2D eigenvalue weighted by Crippen LogP contribution is -2.04. The number of fused-ring (bicyclic) bond motifs is 3. The highest BCUT2D eigenvalue weighted by atomic mass is 16.7. The quantitative estimate of drug-likeness (QED) is 0.0359. The molecule has 2 N–H and O–H groups in total. The molecule has 0 aliphatic heterocycles. The van der Waals surface area contributed by atoms with Crippen LogP contribution in [0.15, 0.2) is 97.3 Å². The molecule has 0 bridgehead atoms. The highest BCUT2D eigenvalue weighted by Gasteiger charge is 2.26. The molecule has 10 nitrogen and oxygen atoms in total. The van der Waals surface area contributed by atoms with Gasteiger partial charge in [-0.2, -0.15) is 0 Å². The second-order valence-electron chi connectivity index (χ2n) is 9.58. The second-order valence-corrected chi connectivity index (χ2v) is 9.58. The van der Waals surface area contributed by atoms with E-state index in [9.17, 15) is 14.4 Å². The maximum Gasteiger partial charge on any atom is 0.511 e. The molecule has 0 spiro atoms. The summed E-state index contributed by atoms with van der Waals surface area (Å²) in [6.45, 7) is 2.06. The predicted molar refractivity (Wildman–Crippen MR) is 160 cm³/mol. The SMILES string of the molecule is CC1c2cc(OCOC=Cc3ccc(OC(=O)O)cc3)ccc2-c2ccc(OC(=O)C=Cc3ccc(OC(=O)O)cc3)cc21. The summed E-state index contributed by atoms with van der Waals surface area (Å²) in [5.41, 5.74) is 5.71. The molecule has 0 fully saturated rings. The molecule has 4 aromatic carbocycles. The summed E-state index contributed by atoms with van der Waals surface area (Å²) in [5, 5.41) is 17.3. The molecular weight excluding hydrogens is 568 g/mol. The molecule has 1 unspecified atom stereocenters. The summed E-state index contributed by atoms with van der Waals surface area (Å²) >= 11 is 0. The van der Waals surface area contributed by atoms with Gasteiger partial charge in [0.1, 0.15) is 23.0 Å². The van der Waals surface area contributed by atoms with Gasteiger partial charge in [0, 0.05) is 12.0 Å². The summed E-state index contributed by atoms with van der Waals surface area (Å²) in [5.74, 6) is 0.969. The molecule has 0 amide bonds. The third-order valence-electron chi connectivity index (χ3n) is 6.72. The Hall–Kier alpha value is -6.03. The first-order valence-corrected chi connectivity index (χ1v) is 13.4. The largest absolute Gasteiger partial charge is 0.511 e. The first kappa shape index (κ1) is 29.5. The van der Waals surface area contributed by atoms with Crippen molar-refractivity contribution in [3.8, 4) is 34.1 Å². The fourth-order valence-corrected chi connectivity index (χ4v) is 4.69. The van der Waals surface area contributed by atoms with Crippen molar-refractivity contribution in [1.29, 1.82) is 0 Å². The number of carbonyl (C=O) groups excluding carboxylic acids is 1. The summed E-state index contributed by atoms with van der Waals surface area (Å²) < 4.78 is 25.9. The average molecular weight is 595 g/mol. The van der Waals surface area contributed by atoms with Crippen LogP contribution < -0.4 is 18.9 Å². The molecule has 44 heavy (non-hydrogen) atoms. The van der Waals surface area contributed by atoms with Gasteiger partial charge in [-0.15, -0.1) is 0 Å². The van der Waals surface area contributed by atoms with Crippen LogP contribution in [-0.2, 0) is 9.53 Å². The molecule has 4 aromatic rings. The molecule has 1 atom stereocenters. The van der Waals surface area contributed by atoms with Crippen molar-refractivity contribution in [1.82, 2.24) is 0 Å². The fraction of sp³-hybridized carbons (Fsp3) is 0.0882. The predicted octanol–water partition coefficient (Wildman–Crippen LogP) is 7.58. The van der Waals surface area contributed by atoms with E-state index in [2.05, 4.69) is 16.4 Å². The Morgan fingerprint density at radius 3 is 1.73 bits per heavy atom. The van der Waals surface area contributed by atoms with Gasteiger partial charge in [-0.25, -0.2) is 14.4 Å². The molecule has 1 aliphatic rings. The molecule has 0 saturated carbocycles. The van der Waals surface area contributed by atoms with Crippen molar-refractivity contribution in [3.05, 3.63) is 120 Å². The number of benzene rings is 4. The fourth-order valence-electron chi connectivity index (χ4n) is 4.69. The van der Waals surface area contributed by atoms with Gasteiger partial charge in [-0.1, -0.05) is 43.3 Å². The van der Waals surface area contributed by atoms with Crippen LogP contribution >= 0.6 is 0 Å². The van der Waals surface area contributed by atoms with Crippen molar-refractivity contribution in [2.45, 2.75) is 12.8 Å². The number of hydrogen-bond donors (Lipinski definition) is 2. The number of hydrogen-bond acceptors (Lipinski definition) is 8. The normalized spacial score (nSPS) is 13.2. The number of ether oxygens (including phenoxy) is 5. The maximum absolute atomic E-state index is 12.4. The lowest BCUT2D eigenvalue weighted by atomic mass is 9.99. The van der Waals surface area contributed by atoms with Crippen molar-refractivity contribution in [3.63, 3.8) is 0 Å². The molecule has 5 rings (SSSR count). The summed E-state index contributed by atoms with van der Waals surface area (Å²) in [4.78, 5) is 33.6. The molecule has 10 heteroatoms. The van der Waals surface area contributed by atoms with Crippen LogP contribution in [0.3, 0.4) is 0 Å². The minimum absolute atomic E-state index is 0.00923. The Labute approximate surface area is 252 Å². The molecule has 1 aliphatic carbocycles. The zero-order valence-electron chi connectivity index (χ0n) is 23.3. The van der Waals surface area contributed by atoms with Crippen LogP contribution in [0.4, 0.5) is 9.59 Å². The van der Waals surface area contributed by atoms with Crippen molar-refractivity contribution < 1.29 is 48.3 Å². The van der Waals surface area contributed by atoms with Gasteiger partial charge in [-0.3, -0.25) is 0 Å². The van der Waals surface area contributed by atoms with Crippen LogP contribution in [0.1, 0.15) is 35.1 Å². The lowest BCUT2D eigenvalue weighted by molar-refractivity contribution is -0.128. The van der Waals surface area contributed by atoms with Crippen LogP contribution in [0.2, 0.25) is 0 Å². The lowest BCUT2D eigenvalue weighted by Gasteiger charge is -2.10. The minimum Gasteiger partial charge on any atom is -0.465 e. The first-order valence-electron chi connectivity index (χ1n) is 13.4. The summed E-state index contributed by atoms with van der Waals surface area (Å²) in [6.07, 6.45) is 3.30. The number of carboxylic acid groups (broad SMARTS) is 2. The average Bonchev–Trinajstić information content (AvgIpc) is 3.27. The van der Waals surface area contributed by atoms with Gasteiger partial charge in [-0.05, 0) is 94.1 Å². The first-order chi connectivity index (χ1) is 21.2. The Morgan fingerprint density at radius 2 is 1.16 bits per heavy atom. The number of esters is 1. The van der Waals surface area contributed by atoms with Gasteiger partial charge in [0.25, 0.3) is 0 Å². The second kappa shape index (κ2) is 13.3. The summed E-state index contributed by atoms with van der Waals surface area (Å²) in [7, 11) is 0. The third kappa shape index (κ3) is 7.42. The van der Waals surface area contributed by atoms with Crippen LogP contribution in [0.25, 0.3) is 23.3 Å². The van der Waals surface area contributed by atoms with Crippen LogP contribution in [-0.4, -0.2) is 35.3 Å². The Bertz CT molecular complexity index is 1740. The van der Waals surface area contributed by atoms with Crippen LogP contribution in [0, 0.1) is 0 Å². The molecule has 0 radical (unpaired) electrons. The van der Waals surface area contributed by atoms with E-state index in [-0.39, 0.29) is 24.2 Å². The molecule has 222 valence electrons. The minimum atomic E-state index is -1.40. The monoisotopic (exact) mass is 594 g/mol. The smallest absolute Gasteiger partial charge is 0.465 e. The topological polar surface area (TPSA) is 138 Å². The summed E-state index contributed by atoms with van der Waals surface area (Å²) in [6, 6.07) is 24.1. The van der Waals surface area contributed by atoms with Gasteiger partial charge < -0.3 is 33.9 Å². The zero-order chi connectivity index (χ0) is 31.1. The van der Waals surface area contributed by atoms with E-state index in [0.29, 0.717) is 17.1 Å². The van der Waals surface area contributed by atoms with Crippen LogP contribution in [0.5, 0.6) is 23.0 Å². The standard InChI is InChI=1S/C34H26O10/c1-21-30-18-26(41-20-40-17-16-23-4-9-25(10-5-23)44-34(38)39)11-13-28(30)29-14-12-27(19-31(21)29)42-32(35)15-6-22-2-7-24(8-3-22)43-33(36)37/h2-19,21H,20H2,1H3,(H,36,37)(H,38,39). The van der Waals surface area contributed by atoms with Crippen molar-refractivity contribution in [2.75, 3.05) is 6.79 Å². The van der Waals surface area contributed by atoms with E-state index in [1.54, 1.807) is 54.6 Å². The third-order valence-corrected chi connectivity index (χ3v) is 6.72. The Kier molecular flexibility index (Phi) is 8.91. The molecule has 0 aromatic heterocycles. The molecule has 0 saturated heterocycles. The molecule has 0 heterocycles. The van der Waals surface area contributed by atoms with E-state index < -0.39 is 18.3 Å². The highest BCUT2D eigenvalue weighted by molar-refractivity contribution is 5.89. The zero-order valence-corrected chi connectivity index (χ0v) is 23.3. The van der Waals surface area contributed by atoms with Gasteiger partial charge in [0.05, 0.1) is 6.26 Å². The van der Waals surface area contributed by atoms with Gasteiger partial charge in [0.2, 0.25) is 6.79 Å². The number of rotatable bonds is 10. The van der Waals surface area contributed by atoms with Crippen molar-refractivity contribution in [2.24, 2.45) is 0 Å². The van der Waals surface area contributed by atoms with E-state index in [0.717, 1.165) is 27.8 Å². The van der Waals surface area contributed by atoms with E-state index in [1.165, 1.54) is 24.5 Å². The number of carbonyl (C=O) groups is 3. The van der Waals surface area contributed by atoms with Gasteiger partial charge >= 0.3 is 18.3 Å². The maximum atomic E-state index is 12.4. The Morgan fingerprint density at radius 1 is 0.659 bits per heavy atom. The van der Waals surface area contributed by atoms with E-state index >= 15 is 0 Å². The molecular formula is C34H26O10. The van der Waals surface area contributed by atoms with E-state index in [1.807, 2.05) is 30.3 Å². The van der Waals surface area contributed by atoms with Crippen molar-refractivity contribution >= 4 is 30.4 Å². The highest BCUT2D eigenvalue weighted by Crippen LogP contribution is 2.47.